The van der Waals surface area contributed by atoms with Gasteiger partial charge in [0.15, 0.2) is 0 Å². The monoisotopic (exact) mass is 276 g/mol. The number of hydrogen-bond acceptors (Lipinski definition) is 3. The number of nitrogens with one attached hydrogen (secondary N) is 1. The van der Waals surface area contributed by atoms with Crippen LogP contribution in [-0.2, 0) is 11.3 Å². The molecule has 1 unspecified atom stereocenters. The lowest BCUT2D eigenvalue weighted by Gasteiger charge is -2.30. The lowest BCUT2D eigenvalue weighted by Crippen LogP contribution is -2.32. The number of hydrogen-bond donors (Lipinski definition) is 1. The third-order valence-corrected chi connectivity index (χ3v) is 3.89. The van der Waals surface area contributed by atoms with Crippen molar-refractivity contribution in [2.45, 2.75) is 39.3 Å². The molecule has 3 heteroatoms. The van der Waals surface area contributed by atoms with Crippen LogP contribution in [0.3, 0.4) is 0 Å². The molecule has 20 heavy (non-hydrogen) atoms. The summed E-state index contributed by atoms with van der Waals surface area (Å²) in [5.41, 5.74) is 2.71. The van der Waals surface area contributed by atoms with Crippen LogP contribution < -0.4 is 10.2 Å². The van der Waals surface area contributed by atoms with Crippen molar-refractivity contribution < 1.29 is 4.74 Å². The van der Waals surface area contributed by atoms with Gasteiger partial charge in [-0.2, -0.15) is 0 Å². The summed E-state index contributed by atoms with van der Waals surface area (Å²) in [6, 6.07) is 9.21. The van der Waals surface area contributed by atoms with Gasteiger partial charge in [0.25, 0.3) is 0 Å². The Kier molecular flexibility index (Phi) is 5.86. The van der Waals surface area contributed by atoms with Crippen molar-refractivity contribution in [3.63, 3.8) is 0 Å². The van der Waals surface area contributed by atoms with Crippen LogP contribution in [-0.4, -0.2) is 32.8 Å². The van der Waals surface area contributed by atoms with Gasteiger partial charge in [0.05, 0.1) is 6.61 Å². The van der Waals surface area contributed by atoms with Crippen molar-refractivity contribution in [3.8, 4) is 0 Å². The molecule has 1 aliphatic rings. The Bertz CT molecular complexity index is 400. The largest absolute Gasteiger partial charge is 0.381 e. The fourth-order valence-corrected chi connectivity index (χ4v) is 2.78. The van der Waals surface area contributed by atoms with E-state index in [2.05, 4.69) is 55.4 Å². The number of nitrogens with zero attached hydrogens (tertiary/aromatic N) is 1. The van der Waals surface area contributed by atoms with Crippen LogP contribution in [0.2, 0.25) is 0 Å². The minimum atomic E-state index is 0.514. The normalized spacial score (nSPS) is 19.3. The van der Waals surface area contributed by atoms with E-state index in [9.17, 15) is 0 Å². The van der Waals surface area contributed by atoms with Gasteiger partial charge in [0.2, 0.25) is 0 Å². The van der Waals surface area contributed by atoms with Gasteiger partial charge in [0, 0.05) is 38.5 Å². The predicted octanol–water partition coefficient (Wildman–Crippen LogP) is 3.05. The first kappa shape index (κ1) is 15.3. The van der Waals surface area contributed by atoms with E-state index in [4.69, 9.17) is 4.74 Å². The van der Waals surface area contributed by atoms with Crippen molar-refractivity contribution in [1.82, 2.24) is 5.32 Å². The molecule has 0 aliphatic carbocycles. The highest BCUT2D eigenvalue weighted by atomic mass is 16.5. The maximum atomic E-state index is 5.59. The fourth-order valence-electron chi connectivity index (χ4n) is 2.78. The summed E-state index contributed by atoms with van der Waals surface area (Å²) < 4.78 is 5.59. The Morgan fingerprint density at radius 2 is 2.15 bits per heavy atom. The Labute approximate surface area is 123 Å². The Morgan fingerprint density at radius 3 is 2.85 bits per heavy atom. The van der Waals surface area contributed by atoms with Gasteiger partial charge in [-0.1, -0.05) is 32.0 Å². The highest BCUT2D eigenvalue weighted by molar-refractivity contribution is 5.53. The SMILES string of the molecule is CC(C)NCc1ccccc1N(C)CC1CCCOC1. The summed E-state index contributed by atoms with van der Waals surface area (Å²) in [5, 5.41) is 3.51. The van der Waals surface area contributed by atoms with Crippen molar-refractivity contribution in [3.05, 3.63) is 29.8 Å². The van der Waals surface area contributed by atoms with E-state index in [0.29, 0.717) is 12.0 Å². The zero-order chi connectivity index (χ0) is 14.4. The van der Waals surface area contributed by atoms with Crippen LogP contribution in [0.1, 0.15) is 32.3 Å². The van der Waals surface area contributed by atoms with Gasteiger partial charge >= 0.3 is 0 Å². The summed E-state index contributed by atoms with van der Waals surface area (Å²) in [7, 11) is 2.20. The maximum Gasteiger partial charge on any atom is 0.0511 e. The molecule has 0 aromatic heterocycles. The average molecular weight is 276 g/mol. The highest BCUT2D eigenvalue weighted by Crippen LogP contribution is 2.22. The molecule has 1 aromatic carbocycles. The molecule has 0 amide bonds. The maximum absolute atomic E-state index is 5.59. The van der Waals surface area contributed by atoms with Gasteiger partial charge in [-0.25, -0.2) is 0 Å². The van der Waals surface area contributed by atoms with Crippen molar-refractivity contribution in [2.24, 2.45) is 5.92 Å². The van der Waals surface area contributed by atoms with Crippen LogP contribution in [0, 0.1) is 5.92 Å². The Hall–Kier alpha value is -1.06. The van der Waals surface area contributed by atoms with Crippen molar-refractivity contribution in [1.29, 1.82) is 0 Å². The summed E-state index contributed by atoms with van der Waals surface area (Å²) in [6.45, 7) is 8.24. The van der Waals surface area contributed by atoms with Crippen molar-refractivity contribution in [2.75, 3.05) is 31.7 Å². The Morgan fingerprint density at radius 1 is 1.35 bits per heavy atom. The second kappa shape index (κ2) is 7.65. The third-order valence-electron chi connectivity index (χ3n) is 3.89. The fraction of sp³-hybridized carbons (Fsp3) is 0.647. The van der Waals surface area contributed by atoms with E-state index in [1.165, 1.54) is 24.1 Å². The minimum Gasteiger partial charge on any atom is -0.381 e. The molecule has 1 fully saturated rings. The van der Waals surface area contributed by atoms with E-state index in [1.54, 1.807) is 0 Å². The highest BCUT2D eigenvalue weighted by Gasteiger charge is 2.17. The molecule has 1 heterocycles. The molecule has 0 saturated carbocycles. The predicted molar refractivity (Wildman–Crippen MR) is 85.2 cm³/mol. The number of anilines is 1. The van der Waals surface area contributed by atoms with Crippen molar-refractivity contribution >= 4 is 5.69 Å². The number of ether oxygens (including phenoxy) is 1. The zero-order valence-electron chi connectivity index (χ0n) is 13.1. The first-order valence-corrected chi connectivity index (χ1v) is 7.77. The molecular formula is C17H28N2O. The number of para-hydroxylation sites is 1. The van der Waals surface area contributed by atoms with E-state index in [1.807, 2.05) is 0 Å². The number of benzene rings is 1. The summed E-state index contributed by atoms with van der Waals surface area (Å²) >= 11 is 0. The van der Waals surface area contributed by atoms with Gasteiger partial charge in [-0.3, -0.25) is 0 Å². The molecule has 3 nitrogen and oxygen atoms in total. The molecule has 1 N–H and O–H groups in total. The van der Waals surface area contributed by atoms with Gasteiger partial charge in [-0.05, 0) is 30.4 Å². The van der Waals surface area contributed by atoms with E-state index in [0.717, 1.165) is 26.3 Å². The van der Waals surface area contributed by atoms with Crippen LogP contribution >= 0.6 is 0 Å². The molecule has 1 saturated heterocycles. The molecule has 1 aromatic rings. The lowest BCUT2D eigenvalue weighted by molar-refractivity contribution is 0.0576. The first-order valence-electron chi connectivity index (χ1n) is 7.77. The quantitative estimate of drug-likeness (QED) is 0.864. The molecule has 0 spiro atoms. The van der Waals surface area contributed by atoms with Gasteiger partial charge < -0.3 is 15.0 Å². The number of rotatable bonds is 6. The topological polar surface area (TPSA) is 24.5 Å². The molecule has 112 valence electrons. The van der Waals surface area contributed by atoms with Crippen LogP contribution in [0.25, 0.3) is 0 Å². The lowest BCUT2D eigenvalue weighted by atomic mass is 10.0. The van der Waals surface area contributed by atoms with Crippen LogP contribution in [0.15, 0.2) is 24.3 Å². The van der Waals surface area contributed by atoms with Crippen LogP contribution in [0.4, 0.5) is 5.69 Å². The third kappa shape index (κ3) is 4.50. The molecular weight excluding hydrogens is 248 g/mol. The molecule has 2 rings (SSSR count). The van der Waals surface area contributed by atoms with E-state index < -0.39 is 0 Å². The second-order valence-electron chi connectivity index (χ2n) is 6.13. The Balaban J connectivity index is 1.98. The van der Waals surface area contributed by atoms with E-state index in [-0.39, 0.29) is 0 Å². The summed E-state index contributed by atoms with van der Waals surface area (Å²) in [6.07, 6.45) is 2.49. The van der Waals surface area contributed by atoms with Gasteiger partial charge in [0.1, 0.15) is 0 Å². The molecule has 1 aliphatic heterocycles. The van der Waals surface area contributed by atoms with Gasteiger partial charge in [-0.15, -0.1) is 0 Å². The van der Waals surface area contributed by atoms with Crippen LogP contribution in [0.5, 0.6) is 0 Å². The minimum absolute atomic E-state index is 0.514. The molecule has 0 radical (unpaired) electrons. The summed E-state index contributed by atoms with van der Waals surface area (Å²) in [4.78, 5) is 2.39. The average Bonchev–Trinajstić information content (AvgIpc) is 2.46. The standard InChI is InChI=1S/C17H28N2O/c1-14(2)18-11-16-8-4-5-9-17(16)19(3)12-15-7-6-10-20-13-15/h4-5,8-9,14-15,18H,6-7,10-13H2,1-3H3. The first-order chi connectivity index (χ1) is 9.66. The van der Waals surface area contributed by atoms with E-state index >= 15 is 0 Å². The summed E-state index contributed by atoms with van der Waals surface area (Å²) in [5.74, 6) is 0.667. The molecule has 1 atom stereocenters. The second-order valence-corrected chi connectivity index (χ2v) is 6.13. The zero-order valence-corrected chi connectivity index (χ0v) is 13.1. The smallest absolute Gasteiger partial charge is 0.0511 e. The molecule has 0 bridgehead atoms.